The van der Waals surface area contributed by atoms with E-state index >= 15 is 0 Å². The van der Waals surface area contributed by atoms with Crippen LogP contribution in [0.15, 0.2) is 91.1 Å². The smallest absolute Gasteiger partial charge is 0.251 e. The van der Waals surface area contributed by atoms with Gasteiger partial charge in [-0.15, -0.1) is 0 Å². The number of nitrogens with zero attached hydrogens (tertiary/aromatic N) is 2. The van der Waals surface area contributed by atoms with Crippen molar-refractivity contribution in [2.45, 2.75) is 53.1 Å². The number of benzene rings is 3. The lowest BCUT2D eigenvalue weighted by atomic mass is 10.0. The Labute approximate surface area is 225 Å². The molecule has 192 valence electrons. The fourth-order valence-electron chi connectivity index (χ4n) is 4.98. The van der Waals surface area contributed by atoms with Crippen LogP contribution >= 0.6 is 0 Å². The quantitative estimate of drug-likeness (QED) is 0.246. The Morgan fingerprint density at radius 3 is 2.24 bits per heavy atom. The Kier molecular flexibility index (Phi) is 7.15. The summed E-state index contributed by atoms with van der Waals surface area (Å²) >= 11 is 0. The van der Waals surface area contributed by atoms with Crippen molar-refractivity contribution in [2.24, 2.45) is 0 Å². The van der Waals surface area contributed by atoms with Crippen LogP contribution in [0.25, 0.3) is 22.0 Å². The molecular formula is C34H35N3O. The summed E-state index contributed by atoms with van der Waals surface area (Å²) in [5.74, 6) is 0.344. The van der Waals surface area contributed by atoms with Crippen molar-refractivity contribution < 1.29 is 4.79 Å². The molecule has 2 aromatic heterocycles. The van der Waals surface area contributed by atoms with Gasteiger partial charge in [-0.2, -0.15) is 0 Å². The maximum Gasteiger partial charge on any atom is 0.251 e. The van der Waals surface area contributed by atoms with E-state index in [2.05, 4.69) is 103 Å². The lowest BCUT2D eigenvalue weighted by molar-refractivity contribution is 0.0939. The van der Waals surface area contributed by atoms with Crippen LogP contribution in [0.4, 0.5) is 0 Å². The van der Waals surface area contributed by atoms with Gasteiger partial charge in [0.05, 0.1) is 11.7 Å². The van der Waals surface area contributed by atoms with Gasteiger partial charge in [0.15, 0.2) is 0 Å². The normalized spacial score (nSPS) is 12.2. The molecule has 1 N–H and O–H groups in total. The largest absolute Gasteiger partial charge is 0.344 e. The third kappa shape index (κ3) is 5.12. The Hall–Kier alpha value is -4.18. The summed E-state index contributed by atoms with van der Waals surface area (Å²) in [6.45, 7) is 11.3. The molecule has 0 radical (unpaired) electrons. The van der Waals surface area contributed by atoms with Crippen molar-refractivity contribution in [2.75, 3.05) is 0 Å². The highest BCUT2D eigenvalue weighted by atomic mass is 16.1. The van der Waals surface area contributed by atoms with Crippen LogP contribution in [-0.4, -0.2) is 15.5 Å². The highest BCUT2D eigenvalue weighted by Crippen LogP contribution is 2.28. The van der Waals surface area contributed by atoms with Gasteiger partial charge in [0.25, 0.3) is 5.91 Å². The van der Waals surface area contributed by atoms with E-state index in [0.29, 0.717) is 11.5 Å². The van der Waals surface area contributed by atoms with Crippen molar-refractivity contribution >= 4 is 16.8 Å². The van der Waals surface area contributed by atoms with E-state index in [1.54, 1.807) is 0 Å². The zero-order chi connectivity index (χ0) is 26.8. The molecule has 2 heterocycles. The second-order valence-corrected chi connectivity index (χ2v) is 10.5. The predicted molar refractivity (Wildman–Crippen MR) is 157 cm³/mol. The molecule has 0 aliphatic carbocycles. The number of carbonyl (C=O) groups is 1. The molecule has 1 amide bonds. The number of hydrogen-bond acceptors (Lipinski definition) is 2. The van der Waals surface area contributed by atoms with Crippen molar-refractivity contribution in [1.29, 1.82) is 0 Å². The van der Waals surface area contributed by atoms with E-state index in [-0.39, 0.29) is 11.9 Å². The molecule has 0 spiro atoms. The number of carbonyl (C=O) groups excluding carboxylic acids is 1. The summed E-state index contributed by atoms with van der Waals surface area (Å²) in [5.41, 5.74) is 9.97. The monoisotopic (exact) mass is 501 g/mol. The number of rotatable bonds is 7. The van der Waals surface area contributed by atoms with E-state index < -0.39 is 0 Å². The number of aromatic nitrogens is 2. The maximum absolute atomic E-state index is 13.1. The van der Waals surface area contributed by atoms with Crippen molar-refractivity contribution in [3.63, 3.8) is 0 Å². The topological polar surface area (TPSA) is 46.9 Å². The average Bonchev–Trinajstić information content (AvgIpc) is 3.18. The zero-order valence-corrected chi connectivity index (χ0v) is 22.8. The van der Waals surface area contributed by atoms with Gasteiger partial charge < -0.3 is 9.88 Å². The molecule has 0 saturated carbocycles. The first-order chi connectivity index (χ1) is 18.3. The Bertz CT molecular complexity index is 1560. The summed E-state index contributed by atoms with van der Waals surface area (Å²) in [6, 6.07) is 29.2. The van der Waals surface area contributed by atoms with Crippen LogP contribution in [0.2, 0.25) is 0 Å². The molecule has 5 aromatic rings. The summed E-state index contributed by atoms with van der Waals surface area (Å²) in [5, 5.41) is 4.23. The minimum absolute atomic E-state index is 0.0876. The van der Waals surface area contributed by atoms with E-state index in [9.17, 15) is 4.79 Å². The van der Waals surface area contributed by atoms with E-state index in [1.807, 2.05) is 37.4 Å². The molecule has 5 rings (SSSR count). The standard InChI is InChI=1S/C34H35N3O/c1-22(2)30-15-17-32(35-20-30)24(4)36-34(38)29-16-18-33-31(19-29)23(3)25(5)37(33)21-26-11-13-28(14-12-26)27-9-7-6-8-10-27/h6-20,22,24H,21H2,1-5H3,(H,36,38)/t24-/m0/s1. The second-order valence-electron chi connectivity index (χ2n) is 10.5. The van der Waals surface area contributed by atoms with Crippen LogP contribution in [-0.2, 0) is 6.54 Å². The third-order valence-corrected chi connectivity index (χ3v) is 7.57. The highest BCUT2D eigenvalue weighted by Gasteiger charge is 2.17. The molecule has 4 nitrogen and oxygen atoms in total. The summed E-state index contributed by atoms with van der Waals surface area (Å²) in [6.07, 6.45) is 1.90. The molecule has 0 saturated heterocycles. The second kappa shape index (κ2) is 10.7. The predicted octanol–water partition coefficient (Wildman–Crippen LogP) is 7.98. The number of aryl methyl sites for hydroxylation is 1. The third-order valence-electron chi connectivity index (χ3n) is 7.57. The van der Waals surface area contributed by atoms with E-state index in [0.717, 1.165) is 23.1 Å². The molecule has 0 bridgehead atoms. The first kappa shape index (κ1) is 25.5. The summed E-state index contributed by atoms with van der Waals surface area (Å²) in [7, 11) is 0. The van der Waals surface area contributed by atoms with Crippen LogP contribution in [0, 0.1) is 13.8 Å². The molecule has 0 unspecified atom stereocenters. The Balaban J connectivity index is 1.35. The van der Waals surface area contributed by atoms with Gasteiger partial charge in [-0.1, -0.05) is 74.5 Å². The molecular weight excluding hydrogens is 466 g/mol. The lowest BCUT2D eigenvalue weighted by Gasteiger charge is -2.15. The number of fused-ring (bicyclic) bond motifs is 1. The Morgan fingerprint density at radius 1 is 0.868 bits per heavy atom. The van der Waals surface area contributed by atoms with E-state index in [4.69, 9.17) is 0 Å². The fraction of sp³-hybridized carbons (Fsp3) is 0.235. The van der Waals surface area contributed by atoms with E-state index in [1.165, 1.54) is 33.5 Å². The number of pyridine rings is 1. The lowest BCUT2D eigenvalue weighted by Crippen LogP contribution is -2.27. The first-order valence-corrected chi connectivity index (χ1v) is 13.3. The van der Waals surface area contributed by atoms with Gasteiger partial charge in [0.2, 0.25) is 0 Å². The molecule has 1 atom stereocenters. The molecule has 3 aromatic carbocycles. The average molecular weight is 502 g/mol. The van der Waals surface area contributed by atoms with Crippen molar-refractivity contribution in [3.05, 3.63) is 125 Å². The fourth-order valence-corrected chi connectivity index (χ4v) is 4.98. The highest BCUT2D eigenvalue weighted by molar-refractivity contribution is 5.99. The molecule has 0 aliphatic rings. The zero-order valence-electron chi connectivity index (χ0n) is 22.8. The van der Waals surface area contributed by atoms with Crippen molar-refractivity contribution in [1.82, 2.24) is 14.9 Å². The van der Waals surface area contributed by atoms with Gasteiger partial charge in [-0.25, -0.2) is 0 Å². The summed E-state index contributed by atoms with van der Waals surface area (Å²) < 4.78 is 2.34. The Morgan fingerprint density at radius 2 is 1.58 bits per heavy atom. The van der Waals surface area contributed by atoms with Crippen LogP contribution in [0.1, 0.15) is 71.2 Å². The van der Waals surface area contributed by atoms with Gasteiger partial charge in [-0.05, 0) is 78.8 Å². The first-order valence-electron chi connectivity index (χ1n) is 13.3. The van der Waals surface area contributed by atoms with Crippen LogP contribution in [0.3, 0.4) is 0 Å². The molecule has 38 heavy (non-hydrogen) atoms. The van der Waals surface area contributed by atoms with Gasteiger partial charge in [0.1, 0.15) is 0 Å². The molecule has 0 fully saturated rings. The van der Waals surface area contributed by atoms with Crippen LogP contribution in [0.5, 0.6) is 0 Å². The maximum atomic E-state index is 13.1. The number of nitrogens with one attached hydrogen (secondary N) is 1. The number of hydrogen-bond donors (Lipinski definition) is 1. The summed E-state index contributed by atoms with van der Waals surface area (Å²) in [4.78, 5) is 17.7. The SMILES string of the molecule is Cc1c(C)n(Cc2ccc(-c3ccccc3)cc2)c2ccc(C(=O)N[C@@H](C)c3ccc(C(C)C)cn3)cc12. The number of amides is 1. The minimum Gasteiger partial charge on any atom is -0.344 e. The minimum atomic E-state index is -0.175. The van der Waals surface area contributed by atoms with Crippen LogP contribution < -0.4 is 5.32 Å². The molecule has 0 aliphatic heterocycles. The van der Waals surface area contributed by atoms with Gasteiger partial charge in [-0.3, -0.25) is 9.78 Å². The van der Waals surface area contributed by atoms with Gasteiger partial charge >= 0.3 is 0 Å². The van der Waals surface area contributed by atoms with Gasteiger partial charge in [0, 0.05) is 34.9 Å². The molecule has 4 heteroatoms. The van der Waals surface area contributed by atoms with Crippen molar-refractivity contribution in [3.8, 4) is 11.1 Å².